The van der Waals surface area contributed by atoms with Crippen molar-refractivity contribution in [3.05, 3.63) is 35.4 Å². The average molecular weight is 285 g/mol. The number of halogens is 3. The summed E-state index contributed by atoms with van der Waals surface area (Å²) in [7, 11) is 0. The highest BCUT2D eigenvalue weighted by atomic mass is 19.4. The standard InChI is InChI=1S/C16H22F3N/c1-2-20-15-7-5-3-4-6-14(15)12-8-10-13(11-9-12)16(17,18)19/h8-11,14-15,20H,2-7H2,1H3. The van der Waals surface area contributed by atoms with E-state index < -0.39 is 11.7 Å². The smallest absolute Gasteiger partial charge is 0.314 e. The summed E-state index contributed by atoms with van der Waals surface area (Å²) in [6.07, 6.45) is 1.51. The molecule has 4 heteroatoms. The maximum atomic E-state index is 12.6. The van der Waals surface area contributed by atoms with E-state index in [9.17, 15) is 13.2 Å². The minimum atomic E-state index is -4.25. The van der Waals surface area contributed by atoms with E-state index in [2.05, 4.69) is 12.2 Å². The largest absolute Gasteiger partial charge is 0.416 e. The normalized spacial score (nSPS) is 24.4. The van der Waals surface area contributed by atoms with E-state index in [0.29, 0.717) is 12.0 Å². The van der Waals surface area contributed by atoms with E-state index in [1.54, 1.807) is 12.1 Å². The van der Waals surface area contributed by atoms with Crippen molar-refractivity contribution >= 4 is 0 Å². The van der Waals surface area contributed by atoms with Gasteiger partial charge in [0.15, 0.2) is 0 Å². The molecule has 0 spiro atoms. The lowest BCUT2D eigenvalue weighted by Crippen LogP contribution is -2.34. The van der Waals surface area contributed by atoms with E-state index in [4.69, 9.17) is 0 Å². The molecule has 1 aromatic rings. The topological polar surface area (TPSA) is 12.0 Å². The van der Waals surface area contributed by atoms with Gasteiger partial charge >= 0.3 is 6.18 Å². The van der Waals surface area contributed by atoms with Crippen molar-refractivity contribution < 1.29 is 13.2 Å². The second-order valence-corrected chi connectivity index (χ2v) is 5.53. The van der Waals surface area contributed by atoms with Crippen molar-refractivity contribution in [2.75, 3.05) is 6.54 Å². The van der Waals surface area contributed by atoms with Gasteiger partial charge in [-0.2, -0.15) is 13.2 Å². The Kier molecular flexibility index (Phi) is 5.08. The van der Waals surface area contributed by atoms with Gasteiger partial charge in [0, 0.05) is 6.04 Å². The Balaban J connectivity index is 2.18. The van der Waals surface area contributed by atoms with Crippen LogP contribution < -0.4 is 5.32 Å². The van der Waals surface area contributed by atoms with Crippen LogP contribution in [0.3, 0.4) is 0 Å². The minimum Gasteiger partial charge on any atom is -0.314 e. The van der Waals surface area contributed by atoms with Gasteiger partial charge in [-0.1, -0.05) is 38.3 Å². The molecule has 20 heavy (non-hydrogen) atoms. The van der Waals surface area contributed by atoms with Gasteiger partial charge in [0.25, 0.3) is 0 Å². The number of benzene rings is 1. The van der Waals surface area contributed by atoms with Crippen molar-refractivity contribution in [2.45, 2.75) is 57.2 Å². The molecule has 0 amide bonds. The van der Waals surface area contributed by atoms with Crippen LogP contribution >= 0.6 is 0 Å². The molecule has 0 bridgehead atoms. The van der Waals surface area contributed by atoms with Crippen LogP contribution in [0.25, 0.3) is 0 Å². The highest BCUT2D eigenvalue weighted by Gasteiger charge is 2.31. The molecule has 0 aliphatic heterocycles. The highest BCUT2D eigenvalue weighted by Crippen LogP contribution is 2.34. The van der Waals surface area contributed by atoms with Crippen molar-refractivity contribution in [1.29, 1.82) is 0 Å². The van der Waals surface area contributed by atoms with E-state index in [0.717, 1.165) is 31.4 Å². The van der Waals surface area contributed by atoms with Gasteiger partial charge in [0.05, 0.1) is 5.56 Å². The first-order valence-electron chi connectivity index (χ1n) is 7.43. The average Bonchev–Trinajstić information content (AvgIpc) is 2.64. The van der Waals surface area contributed by atoms with Crippen molar-refractivity contribution in [2.24, 2.45) is 0 Å². The summed E-state index contributed by atoms with van der Waals surface area (Å²) in [5.74, 6) is 0.333. The second kappa shape index (κ2) is 6.61. The Morgan fingerprint density at radius 3 is 2.30 bits per heavy atom. The van der Waals surface area contributed by atoms with Crippen LogP contribution in [0.15, 0.2) is 24.3 Å². The molecule has 1 fully saturated rings. The zero-order valence-corrected chi connectivity index (χ0v) is 11.8. The quantitative estimate of drug-likeness (QED) is 0.792. The zero-order chi connectivity index (χ0) is 14.6. The molecular weight excluding hydrogens is 263 g/mol. The molecule has 0 aromatic heterocycles. The van der Waals surface area contributed by atoms with Crippen LogP contribution in [0.5, 0.6) is 0 Å². The summed E-state index contributed by atoms with van der Waals surface area (Å²) in [6, 6.07) is 6.12. The SMILES string of the molecule is CCNC1CCCCCC1c1ccc(C(F)(F)F)cc1. The molecule has 0 saturated heterocycles. The van der Waals surface area contributed by atoms with Crippen LogP contribution in [0.2, 0.25) is 0 Å². The van der Waals surface area contributed by atoms with Gasteiger partial charge in [-0.25, -0.2) is 0 Å². The van der Waals surface area contributed by atoms with E-state index >= 15 is 0 Å². The molecule has 2 rings (SSSR count). The highest BCUT2D eigenvalue weighted by molar-refractivity contribution is 5.28. The summed E-state index contributed by atoms with van der Waals surface area (Å²) >= 11 is 0. The Morgan fingerprint density at radius 1 is 1.05 bits per heavy atom. The van der Waals surface area contributed by atoms with Crippen LogP contribution in [0.1, 0.15) is 56.1 Å². The fraction of sp³-hybridized carbons (Fsp3) is 0.625. The van der Waals surface area contributed by atoms with Crippen LogP contribution in [-0.4, -0.2) is 12.6 Å². The van der Waals surface area contributed by atoms with Gasteiger partial charge in [-0.3, -0.25) is 0 Å². The zero-order valence-electron chi connectivity index (χ0n) is 11.8. The summed E-state index contributed by atoms with van der Waals surface area (Å²) in [6.45, 7) is 2.98. The Labute approximate surface area is 118 Å². The van der Waals surface area contributed by atoms with Crippen molar-refractivity contribution in [3.8, 4) is 0 Å². The van der Waals surface area contributed by atoms with E-state index in [1.807, 2.05) is 0 Å². The third-order valence-electron chi connectivity index (χ3n) is 4.15. The van der Waals surface area contributed by atoms with Crippen molar-refractivity contribution in [3.63, 3.8) is 0 Å². The Hall–Kier alpha value is -1.03. The second-order valence-electron chi connectivity index (χ2n) is 5.53. The Bertz CT molecular complexity index is 411. The first-order valence-corrected chi connectivity index (χ1v) is 7.43. The third kappa shape index (κ3) is 3.75. The number of rotatable bonds is 3. The number of nitrogens with one attached hydrogen (secondary N) is 1. The predicted molar refractivity (Wildman–Crippen MR) is 74.7 cm³/mol. The molecule has 1 aliphatic carbocycles. The number of alkyl halides is 3. The van der Waals surface area contributed by atoms with E-state index in [-0.39, 0.29) is 0 Å². The maximum absolute atomic E-state index is 12.6. The number of hydrogen-bond acceptors (Lipinski definition) is 1. The summed E-state index contributed by atoms with van der Waals surface area (Å²) in [4.78, 5) is 0. The molecule has 1 N–H and O–H groups in total. The molecule has 2 atom stereocenters. The first kappa shape index (κ1) is 15.4. The minimum absolute atomic E-state index is 0.333. The molecule has 0 heterocycles. The van der Waals surface area contributed by atoms with Gasteiger partial charge in [0.2, 0.25) is 0 Å². The lowest BCUT2D eigenvalue weighted by molar-refractivity contribution is -0.137. The molecule has 2 unspecified atom stereocenters. The number of hydrogen-bond donors (Lipinski definition) is 1. The molecule has 1 aromatic carbocycles. The summed E-state index contributed by atoms with van der Waals surface area (Å²) in [5.41, 5.74) is 0.473. The maximum Gasteiger partial charge on any atom is 0.416 e. The monoisotopic (exact) mass is 285 g/mol. The lowest BCUT2D eigenvalue weighted by Gasteiger charge is -2.26. The molecule has 1 aliphatic rings. The van der Waals surface area contributed by atoms with Gasteiger partial charge in [-0.05, 0) is 43.0 Å². The Morgan fingerprint density at radius 2 is 1.70 bits per heavy atom. The first-order chi connectivity index (χ1) is 9.52. The molecule has 0 radical (unpaired) electrons. The third-order valence-corrected chi connectivity index (χ3v) is 4.15. The van der Waals surface area contributed by atoms with Gasteiger partial charge < -0.3 is 5.32 Å². The fourth-order valence-electron chi connectivity index (χ4n) is 3.13. The van der Waals surface area contributed by atoms with Crippen LogP contribution in [0, 0.1) is 0 Å². The number of likely N-dealkylation sites (N-methyl/N-ethyl adjacent to an activating group) is 1. The fourth-order valence-corrected chi connectivity index (χ4v) is 3.13. The predicted octanol–water partition coefficient (Wildman–Crippen LogP) is 4.73. The summed E-state index contributed by atoms with van der Waals surface area (Å²) in [5, 5.41) is 3.50. The van der Waals surface area contributed by atoms with Gasteiger partial charge in [0.1, 0.15) is 0 Å². The van der Waals surface area contributed by atoms with Crippen LogP contribution in [-0.2, 0) is 6.18 Å². The summed E-state index contributed by atoms with van der Waals surface area (Å²) < 4.78 is 37.8. The molecule has 1 saturated carbocycles. The van der Waals surface area contributed by atoms with Gasteiger partial charge in [-0.15, -0.1) is 0 Å². The van der Waals surface area contributed by atoms with Crippen LogP contribution in [0.4, 0.5) is 13.2 Å². The van der Waals surface area contributed by atoms with Crippen molar-refractivity contribution in [1.82, 2.24) is 5.32 Å². The molecule has 1 nitrogen and oxygen atoms in total. The van der Waals surface area contributed by atoms with E-state index in [1.165, 1.54) is 25.0 Å². The molecule has 112 valence electrons. The lowest BCUT2D eigenvalue weighted by atomic mass is 9.87. The molecular formula is C16H22F3N.